The van der Waals surface area contributed by atoms with Gasteiger partial charge in [-0.05, 0) is 5.56 Å². The van der Waals surface area contributed by atoms with Gasteiger partial charge in [0.1, 0.15) is 5.82 Å². The van der Waals surface area contributed by atoms with Gasteiger partial charge in [-0.1, -0.05) is 72.4 Å². The van der Waals surface area contributed by atoms with Crippen LogP contribution >= 0.6 is 11.8 Å². The molecule has 0 radical (unpaired) electrons. The third-order valence-electron chi connectivity index (χ3n) is 4.07. The van der Waals surface area contributed by atoms with Crippen LogP contribution in [0.1, 0.15) is 17.3 Å². The molecule has 0 fully saturated rings. The lowest BCUT2D eigenvalue weighted by Crippen LogP contribution is -2.00. The van der Waals surface area contributed by atoms with Crippen molar-refractivity contribution in [2.45, 2.75) is 17.3 Å². The van der Waals surface area contributed by atoms with E-state index in [1.54, 1.807) is 18.0 Å². The van der Waals surface area contributed by atoms with Crippen LogP contribution in [-0.4, -0.2) is 19.7 Å². The van der Waals surface area contributed by atoms with Gasteiger partial charge in [0, 0.05) is 19.0 Å². The monoisotopic (exact) mass is 362 g/mol. The first-order chi connectivity index (χ1) is 12.8. The predicted molar refractivity (Wildman–Crippen MR) is 102 cm³/mol. The van der Waals surface area contributed by atoms with Crippen LogP contribution in [0.15, 0.2) is 76.4 Å². The quantitative estimate of drug-likeness (QED) is 0.477. The molecule has 2 aromatic carbocycles. The molecule has 4 aromatic rings. The number of benzene rings is 2. The zero-order valence-electron chi connectivity index (χ0n) is 14.4. The lowest BCUT2D eigenvalue weighted by atomic mass is 10.1. The molecule has 0 aliphatic carbocycles. The Hall–Kier alpha value is -2.86. The molecule has 0 spiro atoms. The number of hydrogen-bond acceptors (Lipinski definition) is 5. The smallest absolute Gasteiger partial charge is 0.205 e. The molecule has 0 saturated carbocycles. The van der Waals surface area contributed by atoms with E-state index >= 15 is 0 Å². The van der Waals surface area contributed by atoms with E-state index in [2.05, 4.69) is 27.3 Å². The van der Waals surface area contributed by atoms with Crippen LogP contribution in [0.4, 0.5) is 0 Å². The third kappa shape index (κ3) is 3.70. The molecule has 4 rings (SSSR count). The largest absolute Gasteiger partial charge is 0.440 e. The summed E-state index contributed by atoms with van der Waals surface area (Å²) in [5, 5.41) is 9.47. The maximum Gasteiger partial charge on any atom is 0.205 e. The van der Waals surface area contributed by atoms with Crippen molar-refractivity contribution in [2.75, 3.05) is 0 Å². The minimum Gasteiger partial charge on any atom is -0.440 e. The zero-order valence-corrected chi connectivity index (χ0v) is 15.2. The molecule has 0 aliphatic heterocycles. The molecule has 130 valence electrons. The fraction of sp³-hybridized carbons (Fsp3) is 0.150. The molecule has 6 heteroatoms. The predicted octanol–water partition coefficient (Wildman–Crippen LogP) is 4.35. The van der Waals surface area contributed by atoms with Gasteiger partial charge < -0.3 is 8.98 Å². The van der Waals surface area contributed by atoms with E-state index in [9.17, 15) is 0 Å². The fourth-order valence-corrected chi connectivity index (χ4v) is 3.43. The second-order valence-electron chi connectivity index (χ2n) is 5.89. The highest BCUT2D eigenvalue weighted by Crippen LogP contribution is 2.25. The zero-order chi connectivity index (χ0) is 17.8. The first kappa shape index (κ1) is 16.6. The molecule has 0 aliphatic rings. The molecular formula is C20H18N4OS. The van der Waals surface area contributed by atoms with Crippen LogP contribution in [0.25, 0.3) is 11.3 Å². The first-order valence-corrected chi connectivity index (χ1v) is 9.33. The SMILES string of the molecule is Cn1c(Cc2ccccc2)nnc1SCc1ncc(-c2ccccc2)o1. The summed E-state index contributed by atoms with van der Waals surface area (Å²) < 4.78 is 7.87. The van der Waals surface area contributed by atoms with Crippen LogP contribution in [0, 0.1) is 0 Å². The van der Waals surface area contributed by atoms with Crippen molar-refractivity contribution >= 4 is 11.8 Å². The van der Waals surface area contributed by atoms with Crippen molar-refractivity contribution in [3.63, 3.8) is 0 Å². The van der Waals surface area contributed by atoms with Crippen molar-refractivity contribution in [2.24, 2.45) is 7.05 Å². The van der Waals surface area contributed by atoms with Crippen LogP contribution in [-0.2, 0) is 19.2 Å². The second kappa shape index (κ2) is 7.58. The van der Waals surface area contributed by atoms with E-state index < -0.39 is 0 Å². The van der Waals surface area contributed by atoms with Crippen molar-refractivity contribution in [3.05, 3.63) is 84.1 Å². The van der Waals surface area contributed by atoms with Crippen molar-refractivity contribution in [1.82, 2.24) is 19.7 Å². The fourth-order valence-electron chi connectivity index (χ4n) is 2.64. The Morgan fingerprint density at radius 2 is 1.69 bits per heavy atom. The first-order valence-electron chi connectivity index (χ1n) is 8.35. The Labute approximate surface area is 156 Å². The number of thioether (sulfide) groups is 1. The molecular weight excluding hydrogens is 344 g/mol. The van der Waals surface area contributed by atoms with Gasteiger partial charge in [0.05, 0.1) is 11.9 Å². The summed E-state index contributed by atoms with van der Waals surface area (Å²) in [5.74, 6) is 3.02. The van der Waals surface area contributed by atoms with Gasteiger partial charge in [-0.25, -0.2) is 4.98 Å². The van der Waals surface area contributed by atoms with Gasteiger partial charge >= 0.3 is 0 Å². The van der Waals surface area contributed by atoms with Crippen LogP contribution in [0.3, 0.4) is 0 Å². The van der Waals surface area contributed by atoms with Gasteiger partial charge in [0.15, 0.2) is 10.9 Å². The van der Waals surface area contributed by atoms with E-state index in [0.29, 0.717) is 11.6 Å². The third-order valence-corrected chi connectivity index (χ3v) is 5.07. The molecule has 26 heavy (non-hydrogen) atoms. The normalized spacial score (nSPS) is 11.0. The summed E-state index contributed by atoms with van der Waals surface area (Å²) in [5.41, 5.74) is 2.25. The molecule has 0 saturated heterocycles. The highest BCUT2D eigenvalue weighted by atomic mass is 32.2. The number of nitrogens with zero attached hydrogens (tertiary/aromatic N) is 4. The number of oxazole rings is 1. The lowest BCUT2D eigenvalue weighted by Gasteiger charge is -2.03. The Morgan fingerprint density at radius 3 is 2.46 bits per heavy atom. The van der Waals surface area contributed by atoms with Gasteiger partial charge in [0.25, 0.3) is 0 Å². The van der Waals surface area contributed by atoms with E-state index in [-0.39, 0.29) is 0 Å². The van der Waals surface area contributed by atoms with Gasteiger partial charge in [-0.15, -0.1) is 10.2 Å². The average Bonchev–Trinajstić information content (AvgIpc) is 3.29. The van der Waals surface area contributed by atoms with Crippen molar-refractivity contribution < 1.29 is 4.42 Å². The molecule has 0 amide bonds. The number of aromatic nitrogens is 4. The summed E-state index contributed by atoms with van der Waals surface area (Å²) >= 11 is 1.57. The number of hydrogen-bond donors (Lipinski definition) is 0. The van der Waals surface area contributed by atoms with Gasteiger partial charge in [0.2, 0.25) is 5.89 Å². The van der Waals surface area contributed by atoms with Crippen LogP contribution in [0.5, 0.6) is 0 Å². The minimum atomic E-state index is 0.615. The topological polar surface area (TPSA) is 56.7 Å². The van der Waals surface area contributed by atoms with E-state index in [1.807, 2.05) is 60.1 Å². The Bertz CT molecular complexity index is 979. The van der Waals surface area contributed by atoms with Gasteiger partial charge in [-0.2, -0.15) is 0 Å². The maximum absolute atomic E-state index is 5.84. The standard InChI is InChI=1S/C20H18N4OS/c1-24-18(12-15-8-4-2-5-9-15)22-23-20(24)26-14-19-21-13-17(25-19)16-10-6-3-7-11-16/h2-11,13H,12,14H2,1H3. The van der Waals surface area contributed by atoms with Crippen molar-refractivity contribution in [1.29, 1.82) is 0 Å². The molecule has 0 bridgehead atoms. The summed E-state index contributed by atoms with van der Waals surface area (Å²) in [4.78, 5) is 4.37. The highest BCUT2D eigenvalue weighted by Gasteiger charge is 2.12. The molecule has 0 atom stereocenters. The molecule has 0 N–H and O–H groups in total. The lowest BCUT2D eigenvalue weighted by molar-refractivity contribution is 0.529. The average molecular weight is 362 g/mol. The Morgan fingerprint density at radius 1 is 0.962 bits per heavy atom. The minimum absolute atomic E-state index is 0.615. The van der Waals surface area contributed by atoms with Crippen LogP contribution < -0.4 is 0 Å². The summed E-state index contributed by atoms with van der Waals surface area (Å²) in [6, 6.07) is 20.3. The van der Waals surface area contributed by atoms with Crippen LogP contribution in [0.2, 0.25) is 0 Å². The highest BCUT2D eigenvalue weighted by molar-refractivity contribution is 7.98. The second-order valence-corrected chi connectivity index (χ2v) is 6.84. The molecule has 0 unspecified atom stereocenters. The molecule has 2 aromatic heterocycles. The Balaban J connectivity index is 1.42. The van der Waals surface area contributed by atoms with E-state index in [0.717, 1.165) is 28.7 Å². The van der Waals surface area contributed by atoms with Gasteiger partial charge in [-0.3, -0.25) is 0 Å². The number of rotatable bonds is 6. The molecule has 2 heterocycles. The van der Waals surface area contributed by atoms with Crippen molar-refractivity contribution in [3.8, 4) is 11.3 Å². The summed E-state index contributed by atoms with van der Waals surface area (Å²) in [6.45, 7) is 0. The maximum atomic E-state index is 5.84. The summed E-state index contributed by atoms with van der Waals surface area (Å²) in [7, 11) is 1.99. The Kier molecular flexibility index (Phi) is 4.84. The summed E-state index contributed by atoms with van der Waals surface area (Å²) in [6.07, 6.45) is 2.53. The molecule has 5 nitrogen and oxygen atoms in total. The van der Waals surface area contributed by atoms with E-state index in [1.165, 1.54) is 5.56 Å². The van der Waals surface area contributed by atoms with E-state index in [4.69, 9.17) is 4.42 Å².